The third-order valence-corrected chi connectivity index (χ3v) is 6.12. The number of hydrogen-bond donors (Lipinski definition) is 1. The number of nitrogens with two attached hydrogens (primary N) is 1. The minimum Gasteiger partial charge on any atom is -0.366 e. The molecule has 28 heavy (non-hydrogen) atoms. The lowest BCUT2D eigenvalue weighted by Crippen LogP contribution is -2.10. The molecule has 0 radical (unpaired) electrons. The number of halogens is 1. The SMILES string of the molecule is CC(=O)c1cc2c(cc(-c3ccc(Cl)cc3C)n2-c2ccc(C(N)=O)cc2)s1. The quantitative estimate of drug-likeness (QED) is 0.445. The summed E-state index contributed by atoms with van der Waals surface area (Å²) in [6.07, 6.45) is 0. The molecule has 4 rings (SSSR count). The number of rotatable bonds is 4. The Morgan fingerprint density at radius 3 is 2.36 bits per heavy atom. The minimum atomic E-state index is -0.465. The topological polar surface area (TPSA) is 65.1 Å². The number of primary amides is 1. The van der Waals surface area contributed by atoms with Gasteiger partial charge in [-0.1, -0.05) is 17.7 Å². The molecule has 6 heteroatoms. The predicted octanol–water partition coefficient (Wildman–Crippen LogP) is 5.62. The molecule has 2 N–H and O–H groups in total. The number of nitrogens with zero attached hydrogens (tertiary/aromatic N) is 1. The van der Waals surface area contributed by atoms with Gasteiger partial charge in [0.25, 0.3) is 0 Å². The maximum atomic E-state index is 11.9. The fourth-order valence-corrected chi connectivity index (χ4v) is 4.53. The highest BCUT2D eigenvalue weighted by atomic mass is 35.5. The Morgan fingerprint density at radius 2 is 1.75 bits per heavy atom. The first-order chi connectivity index (χ1) is 13.3. The Labute approximate surface area is 171 Å². The van der Waals surface area contributed by atoms with Crippen LogP contribution in [-0.4, -0.2) is 16.3 Å². The van der Waals surface area contributed by atoms with E-state index in [4.69, 9.17) is 17.3 Å². The van der Waals surface area contributed by atoms with Gasteiger partial charge in [0.05, 0.1) is 20.8 Å². The van der Waals surface area contributed by atoms with Gasteiger partial charge in [0, 0.05) is 21.8 Å². The smallest absolute Gasteiger partial charge is 0.248 e. The van der Waals surface area contributed by atoms with E-state index in [0.717, 1.165) is 32.7 Å². The number of ketones is 1. The molecule has 140 valence electrons. The van der Waals surface area contributed by atoms with E-state index in [1.54, 1.807) is 19.1 Å². The Balaban J connectivity index is 1.99. The zero-order valence-corrected chi connectivity index (χ0v) is 16.9. The van der Waals surface area contributed by atoms with Crippen molar-refractivity contribution in [3.63, 3.8) is 0 Å². The molecule has 4 nitrogen and oxygen atoms in total. The minimum absolute atomic E-state index is 0.0426. The van der Waals surface area contributed by atoms with Crippen LogP contribution < -0.4 is 5.73 Å². The molecular weight excluding hydrogens is 392 g/mol. The Bertz CT molecular complexity index is 1240. The highest BCUT2D eigenvalue weighted by Gasteiger charge is 2.18. The molecule has 0 aliphatic rings. The van der Waals surface area contributed by atoms with Gasteiger partial charge in [0.2, 0.25) is 5.91 Å². The number of amides is 1. The van der Waals surface area contributed by atoms with E-state index in [9.17, 15) is 9.59 Å². The van der Waals surface area contributed by atoms with Crippen molar-refractivity contribution in [3.8, 4) is 16.9 Å². The van der Waals surface area contributed by atoms with Gasteiger partial charge in [-0.05, 0) is 67.9 Å². The van der Waals surface area contributed by atoms with E-state index in [-0.39, 0.29) is 5.78 Å². The normalized spacial score (nSPS) is 11.1. The summed E-state index contributed by atoms with van der Waals surface area (Å²) in [6, 6.07) is 16.9. The van der Waals surface area contributed by atoms with Gasteiger partial charge < -0.3 is 10.3 Å². The summed E-state index contributed by atoms with van der Waals surface area (Å²) in [6.45, 7) is 3.59. The number of fused-ring (bicyclic) bond motifs is 1. The number of aryl methyl sites for hydroxylation is 1. The summed E-state index contributed by atoms with van der Waals surface area (Å²) in [4.78, 5) is 24.0. The molecular formula is C22H17ClN2O2S. The van der Waals surface area contributed by atoms with E-state index in [0.29, 0.717) is 15.5 Å². The second-order valence-electron chi connectivity index (χ2n) is 6.65. The lowest BCUT2D eigenvalue weighted by molar-refractivity contribution is 0.0997. The molecule has 1 amide bonds. The summed E-state index contributed by atoms with van der Waals surface area (Å²) in [5.74, 6) is -0.423. The Kier molecular flexibility index (Phi) is 4.57. The van der Waals surface area contributed by atoms with Crippen molar-refractivity contribution in [1.29, 1.82) is 0 Å². The number of thiophene rings is 1. The van der Waals surface area contributed by atoms with Crippen molar-refractivity contribution in [2.75, 3.05) is 0 Å². The monoisotopic (exact) mass is 408 g/mol. The molecule has 2 aromatic heterocycles. The average Bonchev–Trinajstić information content (AvgIpc) is 3.19. The Hall–Kier alpha value is -2.89. The van der Waals surface area contributed by atoms with Gasteiger partial charge in [0.15, 0.2) is 5.78 Å². The third kappa shape index (κ3) is 3.13. The molecule has 0 atom stereocenters. The maximum Gasteiger partial charge on any atom is 0.248 e. The van der Waals surface area contributed by atoms with E-state index < -0.39 is 5.91 Å². The second kappa shape index (κ2) is 6.93. The molecule has 0 bridgehead atoms. The van der Waals surface area contributed by atoms with Gasteiger partial charge in [-0.2, -0.15) is 0 Å². The first-order valence-corrected chi connectivity index (χ1v) is 9.87. The number of carbonyl (C=O) groups excluding carboxylic acids is 2. The zero-order valence-electron chi connectivity index (χ0n) is 15.3. The van der Waals surface area contributed by atoms with Crippen LogP contribution in [0.3, 0.4) is 0 Å². The van der Waals surface area contributed by atoms with E-state index in [1.165, 1.54) is 11.3 Å². The standard InChI is InChI=1S/C22H17ClN2O2S/c1-12-9-15(23)5-8-17(12)18-10-21-19(11-20(28-21)13(2)26)25(18)16-6-3-14(4-7-16)22(24)27/h3-11H,1-2H3,(H2,24,27). The van der Waals surface area contributed by atoms with E-state index >= 15 is 0 Å². The number of hydrogen-bond acceptors (Lipinski definition) is 3. The highest BCUT2D eigenvalue weighted by Crippen LogP contribution is 2.38. The van der Waals surface area contributed by atoms with Crippen LogP contribution >= 0.6 is 22.9 Å². The lowest BCUT2D eigenvalue weighted by atomic mass is 10.1. The van der Waals surface area contributed by atoms with Crippen molar-refractivity contribution >= 4 is 44.8 Å². The van der Waals surface area contributed by atoms with E-state index in [1.807, 2.05) is 43.3 Å². The maximum absolute atomic E-state index is 11.9. The van der Waals surface area contributed by atoms with Crippen molar-refractivity contribution in [2.24, 2.45) is 5.73 Å². The molecule has 0 unspecified atom stereocenters. The predicted molar refractivity (Wildman–Crippen MR) is 115 cm³/mol. The largest absolute Gasteiger partial charge is 0.366 e. The summed E-state index contributed by atoms with van der Waals surface area (Å²) >= 11 is 7.61. The summed E-state index contributed by atoms with van der Waals surface area (Å²) in [7, 11) is 0. The van der Waals surface area contributed by atoms with Crippen LogP contribution in [0.1, 0.15) is 32.5 Å². The number of Topliss-reactive ketones (excluding diaryl/α,β-unsaturated/α-hetero) is 1. The molecule has 0 saturated carbocycles. The molecule has 4 aromatic rings. The number of benzene rings is 2. The van der Waals surface area contributed by atoms with Crippen molar-refractivity contribution < 1.29 is 9.59 Å². The Morgan fingerprint density at radius 1 is 1.04 bits per heavy atom. The van der Waals surface area contributed by atoms with Crippen LogP contribution in [0, 0.1) is 6.92 Å². The summed E-state index contributed by atoms with van der Waals surface area (Å²) in [5.41, 5.74) is 10.8. The fourth-order valence-electron chi connectivity index (χ4n) is 3.33. The van der Waals surface area contributed by atoms with Gasteiger partial charge in [-0.15, -0.1) is 11.3 Å². The molecule has 0 aliphatic carbocycles. The van der Waals surface area contributed by atoms with Gasteiger partial charge >= 0.3 is 0 Å². The first-order valence-electron chi connectivity index (χ1n) is 8.68. The average molecular weight is 409 g/mol. The lowest BCUT2D eigenvalue weighted by Gasteiger charge is -2.13. The van der Waals surface area contributed by atoms with Crippen molar-refractivity contribution in [3.05, 3.63) is 75.6 Å². The van der Waals surface area contributed by atoms with Crippen LogP contribution in [0.4, 0.5) is 0 Å². The van der Waals surface area contributed by atoms with Crippen molar-refractivity contribution in [2.45, 2.75) is 13.8 Å². The summed E-state index contributed by atoms with van der Waals surface area (Å²) < 4.78 is 3.12. The van der Waals surface area contributed by atoms with Crippen LogP contribution in [0.5, 0.6) is 0 Å². The zero-order chi connectivity index (χ0) is 20.0. The second-order valence-corrected chi connectivity index (χ2v) is 8.17. The molecule has 2 heterocycles. The highest BCUT2D eigenvalue weighted by molar-refractivity contribution is 7.20. The molecule has 0 aliphatic heterocycles. The molecule has 2 aromatic carbocycles. The number of aromatic nitrogens is 1. The van der Waals surface area contributed by atoms with Crippen LogP contribution in [0.25, 0.3) is 27.2 Å². The molecule has 0 spiro atoms. The van der Waals surface area contributed by atoms with Gasteiger partial charge in [0.1, 0.15) is 0 Å². The first kappa shape index (κ1) is 18.5. The van der Waals surface area contributed by atoms with E-state index in [2.05, 4.69) is 10.6 Å². The number of carbonyl (C=O) groups is 2. The van der Waals surface area contributed by atoms with Gasteiger partial charge in [-0.3, -0.25) is 9.59 Å². The molecule has 0 saturated heterocycles. The van der Waals surface area contributed by atoms with Crippen LogP contribution in [-0.2, 0) is 0 Å². The summed E-state index contributed by atoms with van der Waals surface area (Å²) in [5, 5.41) is 0.686. The fraction of sp³-hybridized carbons (Fsp3) is 0.0909. The molecule has 0 fully saturated rings. The van der Waals surface area contributed by atoms with Crippen LogP contribution in [0.15, 0.2) is 54.6 Å². The van der Waals surface area contributed by atoms with Crippen molar-refractivity contribution in [1.82, 2.24) is 4.57 Å². The third-order valence-electron chi connectivity index (χ3n) is 4.71. The van der Waals surface area contributed by atoms with Crippen LogP contribution in [0.2, 0.25) is 5.02 Å². The van der Waals surface area contributed by atoms with Gasteiger partial charge in [-0.25, -0.2) is 0 Å².